The van der Waals surface area contributed by atoms with Crippen LogP contribution >= 0.6 is 11.6 Å². The third kappa shape index (κ3) is 3.01. The van der Waals surface area contributed by atoms with E-state index in [-0.39, 0.29) is 4.90 Å². The van der Waals surface area contributed by atoms with Crippen LogP contribution < -0.4 is 10.5 Å². The van der Waals surface area contributed by atoms with E-state index in [0.29, 0.717) is 22.2 Å². The fourth-order valence-electron chi connectivity index (χ4n) is 1.96. The van der Waals surface area contributed by atoms with Crippen molar-refractivity contribution in [3.8, 4) is 0 Å². The highest BCUT2D eigenvalue weighted by atomic mass is 35.5. The standard InChI is InChI=1S/C14H11ClN4O2S/c15-12-5-2-6-13-11(12)8-17-14(19-13)18-9-3-1-4-10(7-9)22(16,20)21/h1-8H,(H2,16,20,21)(H,17,18,19). The van der Waals surface area contributed by atoms with Crippen LogP contribution in [0.1, 0.15) is 0 Å². The summed E-state index contributed by atoms with van der Waals surface area (Å²) in [7, 11) is -3.76. The molecule has 0 aliphatic rings. The summed E-state index contributed by atoms with van der Waals surface area (Å²) < 4.78 is 22.7. The number of aromatic nitrogens is 2. The zero-order chi connectivity index (χ0) is 15.7. The highest BCUT2D eigenvalue weighted by molar-refractivity contribution is 7.89. The highest BCUT2D eigenvalue weighted by Gasteiger charge is 2.09. The van der Waals surface area contributed by atoms with Gasteiger partial charge in [0.2, 0.25) is 16.0 Å². The van der Waals surface area contributed by atoms with E-state index < -0.39 is 10.0 Å². The van der Waals surface area contributed by atoms with Crippen LogP contribution in [-0.4, -0.2) is 18.4 Å². The number of anilines is 2. The molecule has 6 nitrogen and oxygen atoms in total. The van der Waals surface area contributed by atoms with Crippen LogP contribution in [0.5, 0.6) is 0 Å². The number of nitrogens with zero attached hydrogens (tertiary/aromatic N) is 2. The quantitative estimate of drug-likeness (QED) is 0.767. The minimum Gasteiger partial charge on any atom is -0.324 e. The van der Waals surface area contributed by atoms with Crippen LogP contribution in [0.25, 0.3) is 10.9 Å². The lowest BCUT2D eigenvalue weighted by molar-refractivity contribution is 0.598. The zero-order valence-corrected chi connectivity index (χ0v) is 12.8. The van der Waals surface area contributed by atoms with Gasteiger partial charge in [-0.1, -0.05) is 23.7 Å². The first-order chi connectivity index (χ1) is 10.4. The molecule has 0 fully saturated rings. The molecule has 0 saturated carbocycles. The topological polar surface area (TPSA) is 98.0 Å². The Balaban J connectivity index is 1.97. The van der Waals surface area contributed by atoms with Crippen molar-refractivity contribution in [2.24, 2.45) is 5.14 Å². The lowest BCUT2D eigenvalue weighted by atomic mass is 10.2. The largest absolute Gasteiger partial charge is 0.324 e. The lowest BCUT2D eigenvalue weighted by Crippen LogP contribution is -2.12. The van der Waals surface area contributed by atoms with Crippen molar-refractivity contribution in [3.63, 3.8) is 0 Å². The summed E-state index contributed by atoms with van der Waals surface area (Å²) in [6, 6.07) is 11.5. The average molecular weight is 335 g/mol. The molecule has 8 heteroatoms. The molecule has 2 aromatic carbocycles. The maximum Gasteiger partial charge on any atom is 0.238 e. The van der Waals surface area contributed by atoms with Gasteiger partial charge in [-0.2, -0.15) is 0 Å². The van der Waals surface area contributed by atoms with Crippen LogP contribution in [0.15, 0.2) is 53.6 Å². The molecular formula is C14H11ClN4O2S. The van der Waals surface area contributed by atoms with E-state index in [1.807, 2.05) is 6.07 Å². The summed E-state index contributed by atoms with van der Waals surface area (Å²) in [4.78, 5) is 8.52. The summed E-state index contributed by atoms with van der Waals surface area (Å²) >= 11 is 6.06. The molecule has 3 aromatic rings. The van der Waals surface area contributed by atoms with Gasteiger partial charge in [-0.25, -0.2) is 23.5 Å². The number of fused-ring (bicyclic) bond motifs is 1. The Morgan fingerprint density at radius 1 is 1.14 bits per heavy atom. The number of sulfonamides is 1. The first-order valence-corrected chi connectivity index (χ1v) is 8.17. The van der Waals surface area contributed by atoms with Crippen LogP contribution in [0.3, 0.4) is 0 Å². The second kappa shape index (κ2) is 5.53. The molecule has 0 unspecified atom stereocenters. The lowest BCUT2D eigenvalue weighted by Gasteiger charge is -2.07. The Morgan fingerprint density at radius 3 is 2.68 bits per heavy atom. The van der Waals surface area contributed by atoms with Crippen molar-refractivity contribution in [1.29, 1.82) is 0 Å². The van der Waals surface area contributed by atoms with E-state index in [0.717, 1.165) is 5.39 Å². The van der Waals surface area contributed by atoms with Crippen molar-refractivity contribution in [2.45, 2.75) is 4.90 Å². The van der Waals surface area contributed by atoms with E-state index in [1.54, 1.807) is 30.5 Å². The van der Waals surface area contributed by atoms with Crippen LogP contribution in [0, 0.1) is 0 Å². The van der Waals surface area contributed by atoms with Crippen molar-refractivity contribution < 1.29 is 8.42 Å². The minimum atomic E-state index is -3.76. The summed E-state index contributed by atoms with van der Waals surface area (Å²) in [5.74, 6) is 0.335. The third-order valence-electron chi connectivity index (χ3n) is 2.99. The molecule has 3 rings (SSSR count). The Hall–Kier alpha value is -2.22. The van der Waals surface area contributed by atoms with Gasteiger partial charge in [-0.05, 0) is 30.3 Å². The molecule has 1 heterocycles. The Kier molecular flexibility index (Phi) is 3.69. The number of rotatable bonds is 3. The highest BCUT2D eigenvalue weighted by Crippen LogP contribution is 2.23. The summed E-state index contributed by atoms with van der Waals surface area (Å²) in [5, 5.41) is 9.36. The van der Waals surface area contributed by atoms with E-state index in [2.05, 4.69) is 15.3 Å². The van der Waals surface area contributed by atoms with Crippen molar-refractivity contribution in [2.75, 3.05) is 5.32 Å². The number of hydrogen-bond donors (Lipinski definition) is 2. The molecule has 0 aliphatic heterocycles. The SMILES string of the molecule is NS(=O)(=O)c1cccc(Nc2ncc3c(Cl)cccc3n2)c1. The molecule has 0 atom stereocenters. The van der Waals surface area contributed by atoms with E-state index in [9.17, 15) is 8.42 Å². The molecule has 0 spiro atoms. The van der Waals surface area contributed by atoms with Gasteiger partial charge in [0, 0.05) is 17.3 Å². The monoisotopic (exact) mass is 334 g/mol. The predicted octanol–water partition coefficient (Wildman–Crippen LogP) is 2.67. The van der Waals surface area contributed by atoms with E-state index >= 15 is 0 Å². The molecule has 0 amide bonds. The first-order valence-electron chi connectivity index (χ1n) is 6.25. The molecule has 3 N–H and O–H groups in total. The Morgan fingerprint density at radius 2 is 1.91 bits per heavy atom. The number of primary sulfonamides is 1. The van der Waals surface area contributed by atoms with Crippen LogP contribution in [0.2, 0.25) is 5.02 Å². The van der Waals surface area contributed by atoms with Crippen LogP contribution in [-0.2, 0) is 10.0 Å². The molecular weight excluding hydrogens is 324 g/mol. The summed E-state index contributed by atoms with van der Waals surface area (Å²) in [5.41, 5.74) is 1.21. The van der Waals surface area contributed by atoms with Crippen molar-refractivity contribution in [1.82, 2.24) is 9.97 Å². The van der Waals surface area contributed by atoms with Gasteiger partial charge in [-0.15, -0.1) is 0 Å². The second-order valence-corrected chi connectivity index (χ2v) is 6.53. The van der Waals surface area contributed by atoms with Crippen LogP contribution in [0.4, 0.5) is 11.6 Å². The van der Waals surface area contributed by atoms with Gasteiger partial charge in [0.15, 0.2) is 0 Å². The number of hydrogen-bond acceptors (Lipinski definition) is 5. The van der Waals surface area contributed by atoms with Crippen molar-refractivity contribution in [3.05, 3.63) is 53.7 Å². The maximum atomic E-state index is 11.4. The normalized spacial score (nSPS) is 11.5. The number of halogens is 1. The molecule has 0 bridgehead atoms. The summed E-state index contributed by atoms with van der Waals surface area (Å²) in [6.07, 6.45) is 1.61. The van der Waals surface area contributed by atoms with Gasteiger partial charge in [-0.3, -0.25) is 0 Å². The maximum absolute atomic E-state index is 11.4. The van der Waals surface area contributed by atoms with Gasteiger partial charge >= 0.3 is 0 Å². The van der Waals surface area contributed by atoms with Gasteiger partial charge < -0.3 is 5.32 Å². The van der Waals surface area contributed by atoms with E-state index in [4.69, 9.17) is 16.7 Å². The smallest absolute Gasteiger partial charge is 0.238 e. The minimum absolute atomic E-state index is 0.0151. The third-order valence-corrected chi connectivity index (χ3v) is 4.23. The fourth-order valence-corrected chi connectivity index (χ4v) is 2.74. The average Bonchev–Trinajstić information content (AvgIpc) is 2.47. The second-order valence-electron chi connectivity index (χ2n) is 4.56. The van der Waals surface area contributed by atoms with E-state index in [1.165, 1.54) is 12.1 Å². The Labute approximate surface area is 132 Å². The summed E-state index contributed by atoms with van der Waals surface area (Å²) in [6.45, 7) is 0. The van der Waals surface area contributed by atoms with Gasteiger partial charge in [0.1, 0.15) is 0 Å². The number of benzene rings is 2. The number of nitrogens with two attached hydrogens (primary N) is 1. The fraction of sp³-hybridized carbons (Fsp3) is 0. The molecule has 0 radical (unpaired) electrons. The zero-order valence-electron chi connectivity index (χ0n) is 11.2. The molecule has 1 aromatic heterocycles. The van der Waals surface area contributed by atoms with Crippen molar-refractivity contribution >= 4 is 44.2 Å². The predicted molar refractivity (Wildman–Crippen MR) is 85.6 cm³/mol. The molecule has 0 saturated heterocycles. The molecule has 112 valence electrons. The molecule has 0 aliphatic carbocycles. The molecule has 22 heavy (non-hydrogen) atoms. The number of nitrogens with one attached hydrogen (secondary N) is 1. The van der Waals surface area contributed by atoms with Gasteiger partial charge in [0.05, 0.1) is 15.4 Å². The van der Waals surface area contributed by atoms with Gasteiger partial charge in [0.25, 0.3) is 0 Å². The Bertz CT molecular complexity index is 960. The first kappa shape index (κ1) is 14.7.